The van der Waals surface area contributed by atoms with Gasteiger partial charge in [0.1, 0.15) is 23.2 Å². The van der Waals surface area contributed by atoms with E-state index >= 15 is 0 Å². The van der Waals surface area contributed by atoms with Crippen molar-refractivity contribution in [2.45, 2.75) is 32.2 Å². The predicted octanol–water partition coefficient (Wildman–Crippen LogP) is 4.97. The van der Waals surface area contributed by atoms with Crippen LogP contribution in [0.5, 0.6) is 0 Å². The van der Waals surface area contributed by atoms with E-state index in [1.807, 2.05) is 91.0 Å². The van der Waals surface area contributed by atoms with Gasteiger partial charge in [0.2, 0.25) is 0 Å². The monoisotopic (exact) mass is 564 g/mol. The maximum absolute atomic E-state index is 12.1. The first-order valence-corrected chi connectivity index (χ1v) is 16.0. The van der Waals surface area contributed by atoms with E-state index in [-0.39, 0.29) is 5.90 Å². The summed E-state index contributed by atoms with van der Waals surface area (Å²) in [5, 5.41) is 2.93. The van der Waals surface area contributed by atoms with Crippen molar-refractivity contribution in [1.82, 2.24) is 0 Å². The van der Waals surface area contributed by atoms with Gasteiger partial charge in [0.05, 0.1) is 0 Å². The molecule has 3 aromatic carbocycles. The summed E-state index contributed by atoms with van der Waals surface area (Å²) in [7, 11) is -12.8. The first kappa shape index (κ1) is 32.0. The van der Waals surface area contributed by atoms with E-state index in [0.29, 0.717) is 0 Å². The molecule has 0 heterocycles. The van der Waals surface area contributed by atoms with Crippen molar-refractivity contribution < 1.29 is 40.5 Å². The molecule has 3 aromatic rings. The Morgan fingerprint density at radius 1 is 0.750 bits per heavy atom. The molecule has 12 heteroatoms. The fraction of sp³-hybridized carbons (Fsp3) is 0.250. The van der Waals surface area contributed by atoms with E-state index in [1.54, 1.807) is 0 Å². The lowest BCUT2D eigenvalue weighted by Gasteiger charge is -2.27. The van der Waals surface area contributed by atoms with Crippen LogP contribution in [0.3, 0.4) is 0 Å². The molecule has 0 aliphatic rings. The summed E-state index contributed by atoms with van der Waals surface area (Å²) < 4.78 is 71.0. The maximum Gasteiger partial charge on any atom is 0.485 e. The summed E-state index contributed by atoms with van der Waals surface area (Å²) >= 11 is 0. The molecular formula is C24H29F3O6P2S. The first-order valence-electron chi connectivity index (χ1n) is 10.8. The average molecular weight is 564 g/mol. The van der Waals surface area contributed by atoms with Gasteiger partial charge in [0, 0.05) is 0 Å². The Kier molecular flexibility index (Phi) is 12.5. The number of unbranched alkanes of at least 4 members (excludes halogenated alkanes) is 1. The Labute approximate surface area is 210 Å². The van der Waals surface area contributed by atoms with Gasteiger partial charge in [-0.25, -0.2) is 8.42 Å². The fourth-order valence-electron chi connectivity index (χ4n) is 3.02. The third-order valence-corrected chi connectivity index (χ3v) is 12.0. The maximum atomic E-state index is 12.1. The molecule has 0 saturated heterocycles. The molecule has 0 spiro atoms. The van der Waals surface area contributed by atoms with Gasteiger partial charge in [-0.2, -0.15) is 13.2 Å². The third kappa shape index (κ3) is 9.77. The number of halogens is 3. The van der Waals surface area contributed by atoms with Crippen LogP contribution in [0, 0.1) is 0 Å². The van der Waals surface area contributed by atoms with Gasteiger partial charge in [-0.3, -0.25) is 4.57 Å². The van der Waals surface area contributed by atoms with Crippen LogP contribution < -0.4 is 15.9 Å². The molecule has 0 bridgehead atoms. The Balaban J connectivity index is 0.000000452. The van der Waals surface area contributed by atoms with Gasteiger partial charge in [-0.05, 0) is 36.4 Å². The van der Waals surface area contributed by atoms with E-state index < -0.39 is 30.5 Å². The van der Waals surface area contributed by atoms with Crippen LogP contribution in [0.4, 0.5) is 13.2 Å². The highest BCUT2D eigenvalue weighted by molar-refractivity contribution is 8.00. The molecule has 2 N–H and O–H groups in total. The van der Waals surface area contributed by atoms with E-state index in [0.717, 1.165) is 15.9 Å². The average Bonchev–Trinajstić information content (AvgIpc) is 2.83. The summed E-state index contributed by atoms with van der Waals surface area (Å²) in [6, 6.07) is 29.2. The summed E-state index contributed by atoms with van der Waals surface area (Å²) in [4.78, 5) is 19.8. The van der Waals surface area contributed by atoms with Crippen molar-refractivity contribution >= 4 is 40.9 Å². The van der Waals surface area contributed by atoms with Crippen molar-refractivity contribution in [3.63, 3.8) is 0 Å². The molecule has 0 radical (unpaired) electrons. The second-order valence-corrected chi connectivity index (χ2v) is 14.5. The minimum Gasteiger partial charge on any atom is -0.741 e. The lowest BCUT2D eigenvalue weighted by molar-refractivity contribution is -0.0517. The van der Waals surface area contributed by atoms with Crippen LogP contribution in [0.1, 0.15) is 26.7 Å². The van der Waals surface area contributed by atoms with E-state index in [9.17, 15) is 27.5 Å². The molecule has 0 saturated carbocycles. The molecule has 0 fully saturated rings. The lowest BCUT2D eigenvalue weighted by atomic mass is 10.4. The molecule has 0 unspecified atom stereocenters. The van der Waals surface area contributed by atoms with Gasteiger partial charge >= 0.3 is 13.1 Å². The number of alkyl halides is 3. The number of hydrogen-bond acceptors (Lipinski definition) is 4. The molecular weight excluding hydrogens is 535 g/mol. The van der Waals surface area contributed by atoms with Gasteiger partial charge in [-0.15, -0.1) is 0 Å². The molecule has 6 nitrogen and oxygen atoms in total. The van der Waals surface area contributed by atoms with Crippen LogP contribution in [-0.4, -0.2) is 34.2 Å². The van der Waals surface area contributed by atoms with Crippen molar-refractivity contribution in [3.05, 3.63) is 91.0 Å². The zero-order valence-electron chi connectivity index (χ0n) is 19.7. The summed E-state index contributed by atoms with van der Waals surface area (Å²) in [5.41, 5.74) is -5.65. The third-order valence-electron chi connectivity index (χ3n) is 4.77. The number of benzene rings is 3. The zero-order valence-corrected chi connectivity index (χ0v) is 22.4. The number of rotatable bonds is 6. The smallest absolute Gasteiger partial charge is 0.485 e. The van der Waals surface area contributed by atoms with Crippen LogP contribution >= 0.6 is 14.9 Å². The molecule has 0 aromatic heterocycles. The van der Waals surface area contributed by atoms with Gasteiger partial charge in [0.25, 0.3) is 0 Å². The molecule has 36 heavy (non-hydrogen) atoms. The van der Waals surface area contributed by atoms with E-state index in [1.165, 1.54) is 12.8 Å². The van der Waals surface area contributed by atoms with Gasteiger partial charge < -0.3 is 14.3 Å². The molecule has 0 aliphatic carbocycles. The van der Waals surface area contributed by atoms with Crippen LogP contribution in [0.15, 0.2) is 91.0 Å². The van der Waals surface area contributed by atoms with Crippen molar-refractivity contribution in [3.8, 4) is 0 Å². The van der Waals surface area contributed by atoms with Crippen molar-refractivity contribution in [2.24, 2.45) is 0 Å². The minimum absolute atomic E-state index is 0.169. The molecule has 198 valence electrons. The highest BCUT2D eigenvalue weighted by Crippen LogP contribution is 2.63. The predicted molar refractivity (Wildman–Crippen MR) is 138 cm³/mol. The zero-order chi connectivity index (χ0) is 27.5. The van der Waals surface area contributed by atoms with Crippen LogP contribution in [-0.2, 0) is 14.7 Å². The Bertz CT molecular complexity index is 1090. The topological polar surface area (TPSA) is 115 Å². The highest BCUT2D eigenvalue weighted by atomic mass is 32.2. The van der Waals surface area contributed by atoms with Crippen molar-refractivity contribution in [2.75, 3.05) is 5.90 Å². The van der Waals surface area contributed by atoms with Gasteiger partial charge in [-0.1, -0.05) is 81.3 Å². The normalized spacial score (nSPS) is 12.0. The SMILES string of the molecule is CCCC.O=P(O)(O)C[P+](c1ccccc1)(c1ccccc1)c1ccccc1.O=S(=O)([O-])C(F)(F)F. The molecule has 0 atom stereocenters. The summed E-state index contributed by atoms with van der Waals surface area (Å²) in [6.45, 7) is 4.36. The Morgan fingerprint density at radius 3 is 1.17 bits per heavy atom. The van der Waals surface area contributed by atoms with E-state index in [2.05, 4.69) is 13.8 Å². The Hall–Kier alpha value is -2.06. The standard InChI is InChI=1S/C19H18O3P2.C4H10.CHF3O3S/c20-24(21,22)16-23(17-10-4-1-5-11-17,18-12-6-2-7-13-18)19-14-8-3-9-15-19;1-3-4-2;2-1(3,4)8(5,6)7/h1-15H,16H2,(H-,20,21,22);3-4H2,1-2H3;(H,5,6,7). The Morgan fingerprint density at radius 2 is 1.00 bits per heavy atom. The molecule has 0 amide bonds. The fourth-order valence-corrected chi connectivity index (χ4v) is 10.1. The van der Waals surface area contributed by atoms with E-state index in [4.69, 9.17) is 13.0 Å². The second kappa shape index (κ2) is 14.0. The van der Waals surface area contributed by atoms with Crippen molar-refractivity contribution in [1.29, 1.82) is 0 Å². The van der Waals surface area contributed by atoms with Crippen LogP contribution in [0.2, 0.25) is 0 Å². The largest absolute Gasteiger partial charge is 0.741 e. The lowest BCUT2D eigenvalue weighted by Crippen LogP contribution is -2.33. The highest BCUT2D eigenvalue weighted by Gasteiger charge is 2.50. The quantitative estimate of drug-likeness (QED) is 0.248. The first-order chi connectivity index (χ1) is 16.7. The number of hydrogen-bond donors (Lipinski definition) is 2. The van der Waals surface area contributed by atoms with Crippen LogP contribution in [0.25, 0.3) is 0 Å². The van der Waals surface area contributed by atoms with Gasteiger partial charge in [0.15, 0.2) is 16.0 Å². The second-order valence-electron chi connectivity index (χ2n) is 7.52. The minimum atomic E-state index is -6.09. The molecule has 3 rings (SSSR count). The summed E-state index contributed by atoms with van der Waals surface area (Å²) in [5.74, 6) is -0.169. The summed E-state index contributed by atoms with van der Waals surface area (Å²) in [6.07, 6.45) is 2.64. The molecule has 0 aliphatic heterocycles.